The van der Waals surface area contributed by atoms with Crippen LogP contribution < -0.4 is 42.1 Å². The Labute approximate surface area is 170 Å². The zero-order valence-electron chi connectivity index (χ0n) is 13.0. The van der Waals surface area contributed by atoms with Crippen LogP contribution in [0, 0.1) is 5.39 Å². The van der Waals surface area contributed by atoms with Gasteiger partial charge in [-0.2, -0.15) is 0 Å². The van der Waals surface area contributed by atoms with Gasteiger partial charge in [-0.25, -0.2) is 0 Å². The van der Waals surface area contributed by atoms with Gasteiger partial charge in [-0.3, -0.25) is 0 Å². The van der Waals surface area contributed by atoms with Gasteiger partial charge in [-0.05, 0) is 18.9 Å². The molecule has 8 heteroatoms. The van der Waals surface area contributed by atoms with Crippen molar-refractivity contribution in [3.63, 3.8) is 0 Å². The van der Waals surface area contributed by atoms with Crippen molar-refractivity contribution in [3.8, 4) is 0 Å². The normalized spacial score (nSPS) is 8.27. The molecule has 0 N–H and O–H groups in total. The number of halogens is 4. The first-order valence-corrected chi connectivity index (χ1v) is 7.00. The van der Waals surface area contributed by atoms with Crippen LogP contribution in [0.3, 0.4) is 0 Å². The van der Waals surface area contributed by atoms with E-state index < -0.39 is 0 Å². The molecule has 3 nitrogen and oxygen atoms in total. The molecule has 0 spiro atoms. The first kappa shape index (κ1) is 30.1. The molecule has 0 aliphatic heterocycles. The Bertz CT molecular complexity index is 419. The van der Waals surface area contributed by atoms with Crippen LogP contribution in [0.25, 0.3) is 4.98 Å². The molecule has 1 rings (SSSR count). The number of unbranched alkanes of at least 4 members (excludes halogenated alkanes) is 2. The Kier molecular flexibility index (Phi) is 24.1. The molecule has 122 valence electrons. The molecule has 0 aliphatic rings. The van der Waals surface area contributed by atoms with Crippen molar-refractivity contribution < 1.29 is 56.7 Å². The predicted molar refractivity (Wildman–Crippen MR) is 78.2 cm³/mol. The number of rotatable bonds is 7. The number of diazo groups is 1. The van der Waals surface area contributed by atoms with Crippen LogP contribution in [0.4, 0.5) is 11.4 Å². The maximum Gasteiger partial charge on any atom is 2.00 e. The number of nitrogens with zero attached hydrogens (tertiary/aromatic N) is 3. The number of hydrogen-bond donors (Lipinski definition) is 0. The second-order valence-electron chi connectivity index (χ2n) is 4.43. The van der Waals surface area contributed by atoms with Crippen molar-refractivity contribution in [1.29, 1.82) is 5.39 Å². The summed E-state index contributed by atoms with van der Waals surface area (Å²) >= 11 is 6.25. The average Bonchev–Trinajstić information content (AvgIpc) is 2.39. The van der Waals surface area contributed by atoms with Gasteiger partial charge in [0.2, 0.25) is 5.39 Å². The first-order valence-electron chi connectivity index (χ1n) is 6.62. The van der Waals surface area contributed by atoms with Gasteiger partial charge in [-0.1, -0.05) is 38.3 Å². The minimum Gasteiger partial charge on any atom is -1.00 e. The largest absolute Gasteiger partial charge is 2.00 e. The molecular weight excluding hydrogens is 417 g/mol. The summed E-state index contributed by atoms with van der Waals surface area (Å²) < 4.78 is 0. The minimum absolute atomic E-state index is 0. The summed E-state index contributed by atoms with van der Waals surface area (Å²) in [7, 11) is 0. The summed E-state index contributed by atoms with van der Waals surface area (Å²) in [5, 5.41) is 9.38. The maximum absolute atomic E-state index is 8.73. The maximum atomic E-state index is 8.73. The van der Waals surface area contributed by atoms with E-state index in [1.54, 1.807) is 12.1 Å². The summed E-state index contributed by atoms with van der Waals surface area (Å²) in [6.07, 6.45) is 4.66. The van der Waals surface area contributed by atoms with Crippen LogP contribution in [-0.2, 0) is 19.5 Å². The third-order valence-electron chi connectivity index (χ3n) is 2.95. The van der Waals surface area contributed by atoms with Gasteiger partial charge >= 0.3 is 25.2 Å². The topological polar surface area (TPSA) is 31.4 Å². The first-order chi connectivity index (χ1) is 8.72. The van der Waals surface area contributed by atoms with Crippen LogP contribution in [0.2, 0.25) is 5.02 Å². The third-order valence-corrected chi connectivity index (χ3v) is 3.25. The zero-order valence-corrected chi connectivity index (χ0v) is 19.0. The zero-order chi connectivity index (χ0) is 13.4. The van der Waals surface area contributed by atoms with Crippen molar-refractivity contribution in [1.82, 2.24) is 0 Å². The molecule has 0 amide bonds. The van der Waals surface area contributed by atoms with E-state index in [4.69, 9.17) is 17.0 Å². The summed E-state index contributed by atoms with van der Waals surface area (Å²) in [5.41, 5.74) is 1.53. The average molecular weight is 439 g/mol. The van der Waals surface area contributed by atoms with E-state index in [0.29, 0.717) is 10.7 Å². The SMILES string of the molecule is CCCCN(CCCC)c1ccc([N+]#N)cc1Cl.[Cl-].[Cl-].[Cl-].[Zn+2]. The quantitative estimate of drug-likeness (QED) is 0.324. The summed E-state index contributed by atoms with van der Waals surface area (Å²) in [6.45, 7) is 6.42. The predicted octanol–water partition coefficient (Wildman–Crippen LogP) is -3.76. The van der Waals surface area contributed by atoms with E-state index >= 15 is 0 Å². The molecule has 1 aromatic rings. The summed E-state index contributed by atoms with van der Waals surface area (Å²) in [5.74, 6) is 0. The molecule has 0 aliphatic carbocycles. The van der Waals surface area contributed by atoms with Crippen LogP contribution in [0.1, 0.15) is 39.5 Å². The smallest absolute Gasteiger partial charge is 1.00 e. The van der Waals surface area contributed by atoms with Gasteiger partial charge in [-0.15, -0.1) is 0 Å². The van der Waals surface area contributed by atoms with E-state index in [0.717, 1.165) is 31.6 Å². The van der Waals surface area contributed by atoms with E-state index in [-0.39, 0.29) is 56.7 Å². The molecule has 0 fully saturated rings. The van der Waals surface area contributed by atoms with Crippen molar-refractivity contribution in [2.75, 3.05) is 18.0 Å². The van der Waals surface area contributed by atoms with E-state index in [1.165, 1.54) is 12.8 Å². The fourth-order valence-corrected chi connectivity index (χ4v) is 2.16. The molecule has 0 unspecified atom stereocenters. The summed E-state index contributed by atoms with van der Waals surface area (Å²) in [4.78, 5) is 5.47. The molecule has 22 heavy (non-hydrogen) atoms. The van der Waals surface area contributed by atoms with Crippen molar-refractivity contribution >= 4 is 23.0 Å². The summed E-state index contributed by atoms with van der Waals surface area (Å²) in [6, 6.07) is 5.41. The van der Waals surface area contributed by atoms with E-state index in [1.807, 2.05) is 6.07 Å². The molecule has 0 heterocycles. The second kappa shape index (κ2) is 17.6. The van der Waals surface area contributed by atoms with Crippen LogP contribution >= 0.6 is 11.6 Å². The Morgan fingerprint density at radius 2 is 1.55 bits per heavy atom. The molecular formula is C14H21Cl4N3Zn. The fraction of sp³-hybridized carbons (Fsp3) is 0.571. The van der Waals surface area contributed by atoms with E-state index in [2.05, 4.69) is 23.7 Å². The fourth-order valence-electron chi connectivity index (χ4n) is 1.87. The molecule has 0 atom stereocenters. The van der Waals surface area contributed by atoms with Crippen LogP contribution in [0.5, 0.6) is 0 Å². The third kappa shape index (κ3) is 10.1. The van der Waals surface area contributed by atoms with Crippen LogP contribution in [0.15, 0.2) is 18.2 Å². The molecule has 0 saturated heterocycles. The van der Waals surface area contributed by atoms with Gasteiger partial charge in [0.05, 0.1) is 16.8 Å². The molecule has 1 aromatic carbocycles. The van der Waals surface area contributed by atoms with E-state index in [9.17, 15) is 0 Å². The molecule has 0 bridgehead atoms. The van der Waals surface area contributed by atoms with Crippen molar-refractivity contribution in [2.45, 2.75) is 39.5 Å². The van der Waals surface area contributed by atoms with Gasteiger partial charge in [0.1, 0.15) is 0 Å². The second-order valence-corrected chi connectivity index (χ2v) is 4.84. The Morgan fingerprint density at radius 3 is 1.91 bits per heavy atom. The van der Waals surface area contributed by atoms with Gasteiger partial charge < -0.3 is 42.1 Å². The molecule has 0 saturated carbocycles. The number of benzene rings is 1. The molecule has 0 aromatic heterocycles. The van der Waals surface area contributed by atoms with Gasteiger partial charge in [0.15, 0.2) is 4.98 Å². The Balaban J connectivity index is -0.000000405. The number of anilines is 1. The monoisotopic (exact) mass is 435 g/mol. The van der Waals surface area contributed by atoms with Gasteiger partial charge in [0.25, 0.3) is 0 Å². The van der Waals surface area contributed by atoms with Crippen molar-refractivity contribution in [2.24, 2.45) is 0 Å². The Hall–Kier alpha value is 0.223. The number of hydrogen-bond acceptors (Lipinski definition) is 2. The van der Waals surface area contributed by atoms with Crippen molar-refractivity contribution in [3.05, 3.63) is 28.2 Å². The van der Waals surface area contributed by atoms with Gasteiger partial charge in [0, 0.05) is 19.2 Å². The molecule has 0 radical (unpaired) electrons. The minimum atomic E-state index is 0. The van der Waals surface area contributed by atoms with Crippen LogP contribution in [-0.4, -0.2) is 13.1 Å². The standard InChI is InChI=1S/C14H21ClN3.3ClH.Zn/c1-3-5-9-18(10-6-4-2)14-8-7-12(17-16)11-13(14)15;;;;/h7-8,11H,3-6,9-10H2,1-2H3;3*1H;/q+1;;;;+2/p-3. The Morgan fingerprint density at radius 1 is 1.05 bits per heavy atom.